The topological polar surface area (TPSA) is 35.0 Å². The lowest BCUT2D eigenvalue weighted by atomic mass is 9.79. The van der Waals surface area contributed by atoms with Crippen molar-refractivity contribution in [1.29, 1.82) is 0 Å². The second-order valence-corrected chi connectivity index (χ2v) is 7.42. The molecule has 136 valence electrons. The fraction of sp³-hybridized carbons (Fsp3) is 0.810. The van der Waals surface area contributed by atoms with Crippen molar-refractivity contribution in [3.8, 4) is 0 Å². The van der Waals surface area contributed by atoms with Crippen LogP contribution in [0.3, 0.4) is 0 Å². The third-order valence-corrected chi connectivity index (χ3v) is 5.31. The first kappa shape index (κ1) is 19.4. The zero-order valence-electron chi connectivity index (χ0n) is 15.8. The molecule has 0 aromatic carbocycles. The monoisotopic (exact) mass is 332 g/mol. The summed E-state index contributed by atoms with van der Waals surface area (Å²) in [6, 6.07) is 0. The summed E-state index contributed by atoms with van der Waals surface area (Å²) in [4.78, 5) is 9.25. The van der Waals surface area contributed by atoms with Gasteiger partial charge in [-0.2, -0.15) is 0 Å². The van der Waals surface area contributed by atoms with Crippen LogP contribution in [-0.4, -0.2) is 16.6 Å². The van der Waals surface area contributed by atoms with E-state index in [1.165, 1.54) is 64.2 Å². The summed E-state index contributed by atoms with van der Waals surface area (Å²) >= 11 is 0. The van der Waals surface area contributed by atoms with Crippen molar-refractivity contribution in [3.05, 3.63) is 23.8 Å². The van der Waals surface area contributed by atoms with Crippen LogP contribution in [0.5, 0.6) is 0 Å². The number of rotatable bonds is 11. The molecule has 1 heterocycles. The van der Waals surface area contributed by atoms with E-state index in [0.29, 0.717) is 12.5 Å². The molecule has 0 unspecified atom stereocenters. The summed E-state index contributed by atoms with van der Waals surface area (Å²) in [5, 5.41) is 0. The van der Waals surface area contributed by atoms with E-state index in [1.807, 2.05) is 12.4 Å². The molecule has 24 heavy (non-hydrogen) atoms. The fourth-order valence-electron chi connectivity index (χ4n) is 3.69. The van der Waals surface area contributed by atoms with E-state index in [0.717, 1.165) is 30.3 Å². The number of nitrogens with zero attached hydrogens (tertiary/aromatic N) is 2. The Labute approximate surface area is 148 Å². The Bertz CT molecular complexity index is 424. The highest BCUT2D eigenvalue weighted by atomic mass is 16.5. The van der Waals surface area contributed by atoms with E-state index in [9.17, 15) is 0 Å². The predicted octanol–water partition coefficient (Wildman–Crippen LogP) is 6.04. The van der Waals surface area contributed by atoms with E-state index in [2.05, 4.69) is 23.8 Å². The first-order valence-electron chi connectivity index (χ1n) is 10.2. The van der Waals surface area contributed by atoms with Crippen LogP contribution in [0, 0.1) is 5.92 Å². The second-order valence-electron chi connectivity index (χ2n) is 7.42. The molecule has 0 saturated heterocycles. The van der Waals surface area contributed by atoms with Crippen LogP contribution >= 0.6 is 0 Å². The summed E-state index contributed by atoms with van der Waals surface area (Å²) in [6.45, 7) is 5.99. The maximum Gasteiger partial charge on any atom is 0.131 e. The van der Waals surface area contributed by atoms with E-state index < -0.39 is 0 Å². The third-order valence-electron chi connectivity index (χ3n) is 5.31. The average Bonchev–Trinajstić information content (AvgIpc) is 2.63. The summed E-state index contributed by atoms with van der Waals surface area (Å²) in [7, 11) is 0. The zero-order chi connectivity index (χ0) is 17.0. The SMILES string of the molecule is CCCCCOCc1cnc([C@H]2CC[C@H](CCCCC)CC2)nc1. The fourth-order valence-corrected chi connectivity index (χ4v) is 3.69. The Morgan fingerprint density at radius 3 is 2.25 bits per heavy atom. The van der Waals surface area contributed by atoms with Gasteiger partial charge in [-0.25, -0.2) is 9.97 Å². The molecule has 0 aliphatic heterocycles. The highest BCUT2D eigenvalue weighted by Gasteiger charge is 2.23. The van der Waals surface area contributed by atoms with Crippen molar-refractivity contribution in [1.82, 2.24) is 9.97 Å². The molecular formula is C21H36N2O. The molecule has 3 nitrogen and oxygen atoms in total. The van der Waals surface area contributed by atoms with Crippen molar-refractivity contribution in [2.75, 3.05) is 6.61 Å². The van der Waals surface area contributed by atoms with E-state index in [4.69, 9.17) is 4.74 Å². The van der Waals surface area contributed by atoms with E-state index in [-0.39, 0.29) is 0 Å². The molecule has 1 aliphatic rings. The molecule has 0 N–H and O–H groups in total. The number of hydrogen-bond acceptors (Lipinski definition) is 3. The number of aromatic nitrogens is 2. The molecule has 0 atom stereocenters. The minimum Gasteiger partial charge on any atom is -0.377 e. The molecule has 1 aromatic rings. The molecule has 0 bridgehead atoms. The van der Waals surface area contributed by atoms with Crippen molar-refractivity contribution in [2.45, 2.75) is 97.0 Å². The van der Waals surface area contributed by atoms with Gasteiger partial charge >= 0.3 is 0 Å². The zero-order valence-corrected chi connectivity index (χ0v) is 15.8. The van der Waals surface area contributed by atoms with Crippen molar-refractivity contribution < 1.29 is 4.74 Å². The lowest BCUT2D eigenvalue weighted by molar-refractivity contribution is 0.116. The first-order valence-corrected chi connectivity index (χ1v) is 10.2. The summed E-state index contributed by atoms with van der Waals surface area (Å²) < 4.78 is 5.69. The van der Waals surface area contributed by atoms with Gasteiger partial charge in [0.2, 0.25) is 0 Å². The van der Waals surface area contributed by atoms with Gasteiger partial charge < -0.3 is 4.74 Å². The van der Waals surface area contributed by atoms with Gasteiger partial charge in [-0.3, -0.25) is 0 Å². The molecular weight excluding hydrogens is 296 g/mol. The van der Waals surface area contributed by atoms with Crippen LogP contribution in [0.2, 0.25) is 0 Å². The van der Waals surface area contributed by atoms with Gasteiger partial charge in [-0.15, -0.1) is 0 Å². The largest absolute Gasteiger partial charge is 0.377 e. The smallest absolute Gasteiger partial charge is 0.131 e. The minimum atomic E-state index is 0.576. The highest BCUT2D eigenvalue weighted by Crippen LogP contribution is 2.36. The molecule has 1 fully saturated rings. The van der Waals surface area contributed by atoms with Crippen LogP contribution in [0.4, 0.5) is 0 Å². The van der Waals surface area contributed by atoms with Crippen LogP contribution in [0.15, 0.2) is 12.4 Å². The second kappa shape index (κ2) is 11.6. The van der Waals surface area contributed by atoms with Gasteiger partial charge in [0.25, 0.3) is 0 Å². The maximum atomic E-state index is 5.69. The van der Waals surface area contributed by atoms with Gasteiger partial charge in [-0.05, 0) is 38.0 Å². The number of ether oxygens (including phenoxy) is 1. The molecule has 0 spiro atoms. The Balaban J connectivity index is 1.68. The Morgan fingerprint density at radius 2 is 1.58 bits per heavy atom. The van der Waals surface area contributed by atoms with Gasteiger partial charge in [0.15, 0.2) is 0 Å². The van der Waals surface area contributed by atoms with Crippen molar-refractivity contribution >= 4 is 0 Å². The van der Waals surface area contributed by atoms with Gasteiger partial charge in [0.1, 0.15) is 5.82 Å². The van der Waals surface area contributed by atoms with Crippen molar-refractivity contribution in [3.63, 3.8) is 0 Å². The summed E-state index contributed by atoms with van der Waals surface area (Å²) in [5.74, 6) is 2.58. The van der Waals surface area contributed by atoms with Crippen LogP contribution < -0.4 is 0 Å². The van der Waals surface area contributed by atoms with E-state index >= 15 is 0 Å². The standard InChI is InChI=1S/C21H36N2O/c1-3-5-7-9-18-10-12-20(13-11-18)21-22-15-19(16-23-21)17-24-14-8-6-4-2/h15-16,18,20H,3-14,17H2,1-2H3/t18-,20-. The third kappa shape index (κ3) is 6.88. The minimum absolute atomic E-state index is 0.576. The molecule has 0 radical (unpaired) electrons. The predicted molar refractivity (Wildman–Crippen MR) is 100 cm³/mol. The van der Waals surface area contributed by atoms with Crippen LogP contribution in [-0.2, 0) is 11.3 Å². The van der Waals surface area contributed by atoms with Crippen molar-refractivity contribution in [2.24, 2.45) is 5.92 Å². The van der Waals surface area contributed by atoms with E-state index in [1.54, 1.807) is 0 Å². The lowest BCUT2D eigenvalue weighted by Crippen LogP contribution is -2.15. The van der Waals surface area contributed by atoms with Gasteiger partial charge in [0.05, 0.1) is 6.61 Å². The molecule has 3 heteroatoms. The summed E-state index contributed by atoms with van der Waals surface area (Å²) in [6.07, 6.45) is 18.4. The normalized spacial score (nSPS) is 21.1. The quantitative estimate of drug-likeness (QED) is 0.463. The lowest BCUT2D eigenvalue weighted by Gasteiger charge is -2.27. The molecule has 1 saturated carbocycles. The number of unbranched alkanes of at least 4 members (excludes halogenated alkanes) is 4. The number of hydrogen-bond donors (Lipinski definition) is 0. The Kier molecular flexibility index (Phi) is 9.34. The van der Waals surface area contributed by atoms with Gasteiger partial charge in [0, 0.05) is 30.5 Å². The Hall–Kier alpha value is -0.960. The molecule has 0 amide bonds. The van der Waals surface area contributed by atoms with Crippen LogP contribution in [0.25, 0.3) is 0 Å². The average molecular weight is 333 g/mol. The van der Waals surface area contributed by atoms with Crippen LogP contribution in [0.1, 0.15) is 102 Å². The molecule has 2 rings (SSSR count). The summed E-state index contributed by atoms with van der Waals surface area (Å²) in [5.41, 5.74) is 1.10. The maximum absolute atomic E-state index is 5.69. The highest BCUT2D eigenvalue weighted by molar-refractivity contribution is 5.07. The Morgan fingerprint density at radius 1 is 0.917 bits per heavy atom. The molecule has 1 aromatic heterocycles. The molecule has 1 aliphatic carbocycles. The first-order chi connectivity index (χ1) is 11.8. The van der Waals surface area contributed by atoms with Gasteiger partial charge in [-0.1, -0.05) is 52.4 Å².